The fourth-order valence-electron chi connectivity index (χ4n) is 6.96. The van der Waals surface area contributed by atoms with Crippen molar-refractivity contribution >= 4 is 54.7 Å². The van der Waals surface area contributed by atoms with Gasteiger partial charge in [-0.2, -0.15) is 10.5 Å². The lowest BCUT2D eigenvalue weighted by molar-refractivity contribution is -0.129. The van der Waals surface area contributed by atoms with E-state index in [2.05, 4.69) is 22.8 Å². The molecule has 6 atom stereocenters. The standard InChI is InChI=1S/2C18H21ClN2O5S/c2*1-25-11-3-4-16(14(19)7-11)27(23,24)12-8-13(15(9-12)26-2)17(22)21-18(10-20)5-6-18/h2*3-4,7,12-13,15H,5-6,8-9H2,1-2H3,(H,21,22)/t2*12-,13-,15-/m10/s1. The molecule has 18 heteroatoms. The molecule has 292 valence electrons. The number of methoxy groups -OCH3 is 4. The molecule has 6 rings (SSSR count). The maximum atomic E-state index is 13.1. The summed E-state index contributed by atoms with van der Waals surface area (Å²) in [7, 11) is -1.65. The third-order valence-electron chi connectivity index (χ3n) is 10.6. The Labute approximate surface area is 325 Å². The summed E-state index contributed by atoms with van der Waals surface area (Å²) in [6.45, 7) is 0. The largest absolute Gasteiger partial charge is 0.497 e. The molecule has 0 aliphatic heterocycles. The van der Waals surface area contributed by atoms with E-state index in [0.717, 1.165) is 0 Å². The molecule has 0 heterocycles. The summed E-state index contributed by atoms with van der Waals surface area (Å²) in [5, 5.41) is 22.4. The summed E-state index contributed by atoms with van der Waals surface area (Å²) in [5.41, 5.74) is -1.60. The summed E-state index contributed by atoms with van der Waals surface area (Å²) in [5.74, 6) is -0.999. The Balaban J connectivity index is 0.000000208. The number of benzene rings is 2. The zero-order chi connectivity index (χ0) is 39.6. The number of rotatable bonds is 12. The molecular formula is C36H42Cl2N4O10S2. The van der Waals surface area contributed by atoms with E-state index >= 15 is 0 Å². The smallest absolute Gasteiger partial charge is 0.227 e. The molecule has 2 N–H and O–H groups in total. The van der Waals surface area contributed by atoms with Crippen molar-refractivity contribution in [3.63, 3.8) is 0 Å². The normalized spacial score (nSPS) is 26.2. The number of sulfone groups is 2. The summed E-state index contributed by atoms with van der Waals surface area (Å²) in [6, 6.07) is 13.0. The first-order chi connectivity index (χ1) is 25.5. The van der Waals surface area contributed by atoms with Crippen molar-refractivity contribution in [1.82, 2.24) is 10.6 Å². The second-order valence-corrected chi connectivity index (χ2v) is 19.2. The van der Waals surface area contributed by atoms with Crippen LogP contribution in [-0.4, -0.2) is 90.9 Å². The molecule has 2 aromatic carbocycles. The van der Waals surface area contributed by atoms with Gasteiger partial charge in [-0.25, -0.2) is 16.8 Å². The summed E-state index contributed by atoms with van der Waals surface area (Å²) < 4.78 is 73.2. The Bertz CT molecular complexity index is 1930. The van der Waals surface area contributed by atoms with Gasteiger partial charge in [-0.3, -0.25) is 9.59 Å². The molecule has 0 bridgehead atoms. The van der Waals surface area contributed by atoms with Gasteiger partial charge in [0.2, 0.25) is 11.8 Å². The van der Waals surface area contributed by atoms with Gasteiger partial charge in [0.15, 0.2) is 19.7 Å². The van der Waals surface area contributed by atoms with Crippen molar-refractivity contribution in [1.29, 1.82) is 10.5 Å². The SMILES string of the molecule is COc1ccc(S(=O)(=O)[C@@H]2C[C@H](OC)[C@@H](C(=O)NC3(C#N)CC3)C2)c(Cl)c1.COc1ccc(S(=O)(=O)[C@H]2C[C@@H](OC)[C@H](C(=O)NC3(C#N)CC3)C2)c(Cl)c1. The Hall–Kier alpha value is -3.64. The first-order valence-electron chi connectivity index (χ1n) is 17.2. The van der Waals surface area contributed by atoms with Gasteiger partial charge in [0.1, 0.15) is 22.6 Å². The van der Waals surface area contributed by atoms with Crippen LogP contribution in [0.2, 0.25) is 10.0 Å². The van der Waals surface area contributed by atoms with Crippen molar-refractivity contribution in [2.24, 2.45) is 11.8 Å². The van der Waals surface area contributed by atoms with Crippen LogP contribution in [0.3, 0.4) is 0 Å². The number of halogens is 2. The van der Waals surface area contributed by atoms with Crippen LogP contribution in [0.25, 0.3) is 0 Å². The minimum Gasteiger partial charge on any atom is -0.497 e. The fourth-order valence-corrected chi connectivity index (χ4v) is 11.7. The highest BCUT2D eigenvalue weighted by Gasteiger charge is 2.51. The number of carbonyl (C=O) groups excluding carboxylic acids is 2. The van der Waals surface area contributed by atoms with Gasteiger partial charge in [-0.1, -0.05) is 23.2 Å². The van der Waals surface area contributed by atoms with Crippen molar-refractivity contribution in [2.45, 2.75) is 94.9 Å². The first kappa shape index (κ1) is 41.5. The number of hydrogen-bond acceptors (Lipinski definition) is 12. The molecule has 0 saturated heterocycles. The third kappa shape index (κ3) is 8.59. The Morgan fingerprint density at radius 2 is 1.02 bits per heavy atom. The highest BCUT2D eigenvalue weighted by Crippen LogP contribution is 2.42. The second kappa shape index (κ2) is 16.2. The molecule has 0 radical (unpaired) electrons. The van der Waals surface area contributed by atoms with Crippen LogP contribution in [0.15, 0.2) is 46.2 Å². The lowest BCUT2D eigenvalue weighted by Gasteiger charge is -2.19. The van der Waals surface area contributed by atoms with E-state index in [4.69, 9.17) is 52.7 Å². The summed E-state index contributed by atoms with van der Waals surface area (Å²) >= 11 is 12.3. The van der Waals surface area contributed by atoms with Gasteiger partial charge in [0.25, 0.3) is 0 Å². The van der Waals surface area contributed by atoms with E-state index in [-0.39, 0.29) is 57.3 Å². The molecule has 0 unspecified atom stereocenters. The number of amides is 2. The number of nitrogens with one attached hydrogen (secondary N) is 2. The predicted octanol–water partition coefficient (Wildman–Crippen LogP) is 4.18. The minimum atomic E-state index is -3.75. The fraction of sp³-hybridized carbons (Fsp3) is 0.556. The Morgan fingerprint density at radius 3 is 1.28 bits per heavy atom. The monoisotopic (exact) mass is 824 g/mol. The lowest BCUT2D eigenvalue weighted by Crippen LogP contribution is -2.42. The molecule has 4 fully saturated rings. The quantitative estimate of drug-likeness (QED) is 0.309. The zero-order valence-electron chi connectivity index (χ0n) is 30.1. The Morgan fingerprint density at radius 1 is 0.667 bits per heavy atom. The van der Waals surface area contributed by atoms with Crippen LogP contribution in [0, 0.1) is 34.5 Å². The predicted molar refractivity (Wildman–Crippen MR) is 196 cm³/mol. The lowest BCUT2D eigenvalue weighted by atomic mass is 10.0. The van der Waals surface area contributed by atoms with Crippen LogP contribution in [0.1, 0.15) is 51.4 Å². The van der Waals surface area contributed by atoms with Crippen LogP contribution in [0.5, 0.6) is 11.5 Å². The van der Waals surface area contributed by atoms with Gasteiger partial charge in [0, 0.05) is 26.4 Å². The third-order valence-corrected chi connectivity index (χ3v) is 15.9. The van der Waals surface area contributed by atoms with Gasteiger partial charge < -0.3 is 29.6 Å². The summed E-state index contributed by atoms with van der Waals surface area (Å²) in [4.78, 5) is 25.2. The molecule has 0 spiro atoms. The molecular weight excluding hydrogens is 783 g/mol. The highest BCUT2D eigenvalue weighted by atomic mass is 35.5. The molecule has 14 nitrogen and oxygen atoms in total. The van der Waals surface area contributed by atoms with Gasteiger partial charge in [-0.15, -0.1) is 0 Å². The number of carbonyl (C=O) groups is 2. The van der Waals surface area contributed by atoms with Crippen LogP contribution < -0.4 is 20.1 Å². The number of ether oxygens (including phenoxy) is 4. The van der Waals surface area contributed by atoms with E-state index in [1.807, 2.05) is 0 Å². The Kier molecular flexibility index (Phi) is 12.5. The number of nitrogens with zero attached hydrogens (tertiary/aromatic N) is 2. The van der Waals surface area contributed by atoms with E-state index in [9.17, 15) is 26.4 Å². The molecule has 2 aromatic rings. The van der Waals surface area contributed by atoms with Crippen LogP contribution >= 0.6 is 23.2 Å². The van der Waals surface area contributed by atoms with Gasteiger partial charge in [-0.05, 0) is 75.6 Å². The van der Waals surface area contributed by atoms with E-state index in [1.165, 1.54) is 64.8 Å². The van der Waals surface area contributed by atoms with E-state index in [0.29, 0.717) is 37.2 Å². The van der Waals surface area contributed by atoms with Crippen molar-refractivity contribution in [3.05, 3.63) is 46.4 Å². The molecule has 4 aliphatic rings. The van der Waals surface area contributed by atoms with Crippen molar-refractivity contribution in [2.75, 3.05) is 28.4 Å². The topological polar surface area (TPSA) is 211 Å². The zero-order valence-corrected chi connectivity index (χ0v) is 33.3. The van der Waals surface area contributed by atoms with E-state index in [1.54, 1.807) is 0 Å². The molecule has 0 aromatic heterocycles. The summed E-state index contributed by atoms with van der Waals surface area (Å²) in [6.07, 6.45) is 2.02. The van der Waals surface area contributed by atoms with Crippen molar-refractivity contribution in [3.8, 4) is 23.6 Å². The van der Waals surface area contributed by atoms with Gasteiger partial charge >= 0.3 is 0 Å². The van der Waals surface area contributed by atoms with Crippen LogP contribution in [-0.2, 0) is 38.7 Å². The van der Waals surface area contributed by atoms with Crippen LogP contribution in [0.4, 0.5) is 0 Å². The second-order valence-electron chi connectivity index (χ2n) is 14.0. The molecule has 4 aliphatic carbocycles. The van der Waals surface area contributed by atoms with Crippen molar-refractivity contribution < 1.29 is 45.4 Å². The average Bonchev–Trinajstić information content (AvgIpc) is 4.00. The maximum Gasteiger partial charge on any atom is 0.227 e. The minimum absolute atomic E-state index is 0.0153. The number of nitriles is 2. The van der Waals surface area contributed by atoms with Gasteiger partial charge in [0.05, 0.1) is 80.7 Å². The average molecular weight is 826 g/mol. The van der Waals surface area contributed by atoms with E-state index < -0.39 is 65.3 Å². The highest BCUT2D eigenvalue weighted by molar-refractivity contribution is 7.92. The molecule has 54 heavy (non-hydrogen) atoms. The maximum absolute atomic E-state index is 13.1. The molecule has 2 amide bonds. The first-order valence-corrected chi connectivity index (χ1v) is 21.0. The number of hydrogen-bond donors (Lipinski definition) is 2. The molecule has 4 saturated carbocycles.